The van der Waals surface area contributed by atoms with Gasteiger partial charge in [-0.25, -0.2) is 14.4 Å². The van der Waals surface area contributed by atoms with E-state index in [0.717, 1.165) is 18.9 Å². The molecule has 5 rings (SSSR count). The third-order valence-corrected chi connectivity index (χ3v) is 6.06. The lowest BCUT2D eigenvalue weighted by molar-refractivity contribution is -0.141. The predicted molar refractivity (Wildman–Crippen MR) is 109 cm³/mol. The van der Waals surface area contributed by atoms with E-state index in [1.54, 1.807) is 17.0 Å². The highest BCUT2D eigenvalue weighted by Crippen LogP contribution is 2.40. The number of hydrogen-bond donors (Lipinski definition) is 1. The fourth-order valence-corrected chi connectivity index (χ4v) is 4.68. The molecule has 0 spiro atoms. The number of halogens is 4. The van der Waals surface area contributed by atoms with E-state index in [2.05, 4.69) is 25.5 Å². The Balaban J connectivity index is 1.38. The lowest BCUT2D eigenvalue weighted by atomic mass is 10.0. The highest BCUT2D eigenvalue weighted by atomic mass is 19.4. The molecule has 0 unspecified atom stereocenters. The predicted octanol–water partition coefficient (Wildman–Crippen LogP) is 3.81. The summed E-state index contributed by atoms with van der Waals surface area (Å²) in [4.78, 5) is 23.3. The fraction of sp³-hybridized carbons (Fsp3) is 0.318. The summed E-state index contributed by atoms with van der Waals surface area (Å²) in [5, 5.41) is 9.98. The van der Waals surface area contributed by atoms with Gasteiger partial charge < -0.3 is 10.2 Å². The van der Waals surface area contributed by atoms with Crippen molar-refractivity contribution in [1.29, 1.82) is 0 Å². The Kier molecular flexibility index (Phi) is 5.18. The van der Waals surface area contributed by atoms with Crippen LogP contribution in [0.5, 0.6) is 0 Å². The smallest absolute Gasteiger partial charge is 0.364 e. The molecule has 1 aromatic carbocycles. The molecule has 1 saturated heterocycles. The van der Waals surface area contributed by atoms with Crippen LogP contribution in [0, 0.1) is 11.7 Å². The van der Waals surface area contributed by atoms with Crippen LogP contribution in [0.15, 0.2) is 48.8 Å². The Hall–Kier alpha value is -3.63. The Morgan fingerprint density at radius 2 is 1.82 bits per heavy atom. The number of fused-ring (bicyclic) bond motifs is 2. The quantitative estimate of drug-likeness (QED) is 0.599. The first-order valence-electron chi connectivity index (χ1n) is 10.4. The van der Waals surface area contributed by atoms with Gasteiger partial charge in [0.25, 0.3) is 5.91 Å². The number of nitrogens with one attached hydrogen (secondary N) is 1. The lowest BCUT2D eigenvalue weighted by Crippen LogP contribution is -2.48. The number of benzene rings is 1. The summed E-state index contributed by atoms with van der Waals surface area (Å²) in [6, 6.07) is 7.56. The zero-order chi connectivity index (χ0) is 23.2. The lowest BCUT2D eigenvalue weighted by Gasteiger charge is -2.34. The third kappa shape index (κ3) is 3.98. The van der Waals surface area contributed by atoms with Crippen LogP contribution in [0.2, 0.25) is 0 Å². The van der Waals surface area contributed by atoms with Crippen molar-refractivity contribution in [2.75, 3.05) is 11.9 Å². The van der Waals surface area contributed by atoms with Crippen LogP contribution in [-0.2, 0) is 6.18 Å². The number of likely N-dealkylation sites (tertiary alicyclic amines) is 1. The van der Waals surface area contributed by atoms with Crippen LogP contribution in [0.4, 0.5) is 23.4 Å². The van der Waals surface area contributed by atoms with Crippen molar-refractivity contribution in [3.05, 3.63) is 65.9 Å². The van der Waals surface area contributed by atoms with Gasteiger partial charge in [0.15, 0.2) is 11.5 Å². The second-order valence-corrected chi connectivity index (χ2v) is 8.15. The van der Waals surface area contributed by atoms with Gasteiger partial charge in [-0.05, 0) is 49.1 Å². The maximum absolute atomic E-state index is 14.7. The highest BCUT2D eigenvalue weighted by molar-refractivity contribution is 6.00. The minimum Gasteiger partial charge on any atom is -0.364 e. The molecule has 2 bridgehead atoms. The molecule has 2 fully saturated rings. The van der Waals surface area contributed by atoms with Gasteiger partial charge in [0.05, 0.1) is 17.2 Å². The van der Waals surface area contributed by atoms with E-state index in [-0.39, 0.29) is 46.7 Å². The van der Waals surface area contributed by atoms with Crippen LogP contribution >= 0.6 is 0 Å². The number of amides is 1. The molecule has 3 atom stereocenters. The Morgan fingerprint density at radius 1 is 1.03 bits per heavy atom. The number of rotatable bonds is 4. The number of anilines is 1. The molecule has 1 saturated carbocycles. The number of hydrogen-bond acceptors (Lipinski definition) is 6. The topological polar surface area (TPSA) is 83.9 Å². The Morgan fingerprint density at radius 3 is 2.48 bits per heavy atom. The number of piperidine rings is 1. The zero-order valence-corrected chi connectivity index (χ0v) is 17.1. The van der Waals surface area contributed by atoms with Crippen LogP contribution in [0.3, 0.4) is 0 Å². The van der Waals surface area contributed by atoms with Gasteiger partial charge in [0.2, 0.25) is 0 Å². The van der Waals surface area contributed by atoms with Crippen LogP contribution in [0.25, 0.3) is 11.4 Å². The number of nitrogens with zero attached hydrogens (tertiary/aromatic N) is 5. The van der Waals surface area contributed by atoms with Crippen LogP contribution in [0.1, 0.15) is 28.9 Å². The maximum Gasteiger partial charge on any atom is 0.435 e. The zero-order valence-electron chi connectivity index (χ0n) is 17.1. The molecular weight excluding hydrogens is 440 g/mol. The number of aromatic nitrogens is 4. The minimum atomic E-state index is -4.56. The summed E-state index contributed by atoms with van der Waals surface area (Å²) < 4.78 is 52.9. The average molecular weight is 458 g/mol. The van der Waals surface area contributed by atoms with E-state index in [4.69, 9.17) is 0 Å². The average Bonchev–Trinajstić information content (AvgIpc) is 3.39. The van der Waals surface area contributed by atoms with Crippen molar-refractivity contribution in [2.24, 2.45) is 5.92 Å². The minimum absolute atomic E-state index is 0.0454. The largest absolute Gasteiger partial charge is 0.435 e. The summed E-state index contributed by atoms with van der Waals surface area (Å²) in [6.07, 6.45) is -0.122. The van der Waals surface area contributed by atoms with E-state index in [1.807, 2.05) is 0 Å². The Bertz CT molecular complexity index is 1170. The maximum atomic E-state index is 14.7. The van der Waals surface area contributed by atoms with E-state index >= 15 is 0 Å². The summed E-state index contributed by atoms with van der Waals surface area (Å²) >= 11 is 0. The van der Waals surface area contributed by atoms with Gasteiger partial charge in [-0.15, -0.1) is 10.2 Å². The standard InChI is InChI=1S/C22H18F4N6O/c23-14-4-1-3-13(19(14)20-27-7-2-8-28-20)21(33)32-11-12-9-15(16(32)10-12)29-18-6-5-17(30-31-18)22(24,25)26/h1-8,12,15-16H,9-11H2,(H,29,31)/t12-,15-,16+/m1/s1. The first-order valence-corrected chi connectivity index (χ1v) is 10.4. The molecule has 33 heavy (non-hydrogen) atoms. The third-order valence-electron chi connectivity index (χ3n) is 6.06. The molecule has 11 heteroatoms. The monoisotopic (exact) mass is 458 g/mol. The molecule has 3 heterocycles. The van der Waals surface area contributed by atoms with E-state index in [9.17, 15) is 22.4 Å². The number of carbonyl (C=O) groups excluding carboxylic acids is 1. The SMILES string of the molecule is O=C(c1cccc(F)c1-c1ncccn1)N1C[C@@H]2C[C@@H](Nc3ccc(C(F)(F)F)nn3)[C@@H]1C2. The molecule has 1 aliphatic carbocycles. The fourth-order valence-electron chi connectivity index (χ4n) is 4.68. The molecule has 7 nitrogen and oxygen atoms in total. The van der Waals surface area contributed by atoms with Gasteiger partial charge in [0, 0.05) is 25.0 Å². The van der Waals surface area contributed by atoms with E-state index in [1.165, 1.54) is 30.6 Å². The summed E-state index contributed by atoms with van der Waals surface area (Å²) in [5.74, 6) is -0.375. The van der Waals surface area contributed by atoms with Gasteiger partial charge >= 0.3 is 6.18 Å². The van der Waals surface area contributed by atoms with Gasteiger partial charge in [0.1, 0.15) is 11.6 Å². The molecule has 1 N–H and O–H groups in total. The van der Waals surface area contributed by atoms with Crippen molar-refractivity contribution in [3.8, 4) is 11.4 Å². The molecule has 170 valence electrons. The molecule has 2 aliphatic rings. The van der Waals surface area contributed by atoms with Crippen molar-refractivity contribution in [2.45, 2.75) is 31.1 Å². The number of carbonyl (C=O) groups is 1. The van der Waals surface area contributed by atoms with Crippen molar-refractivity contribution in [1.82, 2.24) is 25.1 Å². The normalized spacial score (nSPS) is 21.9. The summed E-state index contributed by atoms with van der Waals surface area (Å²) in [6.45, 7) is 0.520. The Labute approximate surface area is 185 Å². The van der Waals surface area contributed by atoms with E-state index in [0.29, 0.717) is 6.54 Å². The molecule has 2 aromatic heterocycles. The molecule has 3 aromatic rings. The van der Waals surface area contributed by atoms with Crippen molar-refractivity contribution in [3.63, 3.8) is 0 Å². The summed E-state index contributed by atoms with van der Waals surface area (Å²) in [5.41, 5.74) is -0.856. The summed E-state index contributed by atoms with van der Waals surface area (Å²) in [7, 11) is 0. The molecule has 1 amide bonds. The van der Waals surface area contributed by atoms with Crippen molar-refractivity contribution < 1.29 is 22.4 Å². The first kappa shape index (κ1) is 21.2. The number of alkyl halides is 3. The molecular formula is C22H18F4N6O. The first-order chi connectivity index (χ1) is 15.8. The molecule has 1 aliphatic heterocycles. The van der Waals surface area contributed by atoms with Gasteiger partial charge in [-0.3, -0.25) is 4.79 Å². The van der Waals surface area contributed by atoms with Gasteiger partial charge in [-0.2, -0.15) is 13.2 Å². The van der Waals surface area contributed by atoms with Gasteiger partial charge in [-0.1, -0.05) is 6.07 Å². The second-order valence-electron chi connectivity index (χ2n) is 8.15. The highest BCUT2D eigenvalue weighted by Gasteiger charge is 2.47. The van der Waals surface area contributed by atoms with Crippen molar-refractivity contribution >= 4 is 11.7 Å². The molecule has 0 radical (unpaired) electrons. The van der Waals surface area contributed by atoms with Crippen LogP contribution in [-0.4, -0.2) is 49.6 Å². The second kappa shape index (κ2) is 8.05. The van der Waals surface area contributed by atoms with E-state index < -0.39 is 17.7 Å². The van der Waals surface area contributed by atoms with Crippen LogP contribution < -0.4 is 5.32 Å².